The summed E-state index contributed by atoms with van der Waals surface area (Å²) in [5.74, 6) is 3.47. The Morgan fingerprint density at radius 3 is 2.45 bits per heavy atom. The highest BCUT2D eigenvalue weighted by Crippen LogP contribution is 2.39. The lowest BCUT2D eigenvalue weighted by molar-refractivity contribution is 0.146. The van der Waals surface area contributed by atoms with Gasteiger partial charge in [0.05, 0.1) is 0 Å². The maximum Gasteiger partial charge on any atom is 0.0130 e. The van der Waals surface area contributed by atoms with Gasteiger partial charge in [-0.3, -0.25) is 0 Å². The minimum absolute atomic E-state index is 0.838. The Balaban J connectivity index is 2.04. The molecule has 112 valence electrons. The smallest absolute Gasteiger partial charge is 0.0130 e. The second kappa shape index (κ2) is 7.79. The minimum atomic E-state index is 0.838. The Morgan fingerprint density at radius 2 is 1.85 bits per heavy atom. The van der Waals surface area contributed by atoms with Crippen molar-refractivity contribution in [1.82, 2.24) is 5.32 Å². The van der Waals surface area contributed by atoms with Crippen molar-refractivity contribution in [1.29, 1.82) is 0 Å². The molecule has 0 spiro atoms. The molecule has 3 atom stereocenters. The highest BCUT2D eigenvalue weighted by Gasteiger charge is 2.31. The number of hydrogen-bond donors (Lipinski definition) is 1. The molecule has 3 unspecified atom stereocenters. The van der Waals surface area contributed by atoms with Gasteiger partial charge in [-0.2, -0.15) is 0 Å². The minimum Gasteiger partial charge on any atom is -0.319 e. The summed E-state index contributed by atoms with van der Waals surface area (Å²) >= 11 is 2.39. The summed E-state index contributed by atoms with van der Waals surface area (Å²) in [5.41, 5.74) is 1.51. The molecule has 0 bridgehead atoms. The first kappa shape index (κ1) is 16.3. The van der Waals surface area contributed by atoms with Crippen LogP contribution in [0.25, 0.3) is 0 Å². The molecule has 1 N–H and O–H groups in total. The van der Waals surface area contributed by atoms with E-state index in [-0.39, 0.29) is 0 Å². The molecule has 0 aliphatic heterocycles. The zero-order chi connectivity index (χ0) is 14.5. The summed E-state index contributed by atoms with van der Waals surface area (Å²) in [6.45, 7) is 5.97. The van der Waals surface area contributed by atoms with Crippen LogP contribution in [0.3, 0.4) is 0 Å². The van der Waals surface area contributed by atoms with E-state index in [0.717, 1.165) is 23.7 Å². The number of rotatable bonds is 5. The van der Waals surface area contributed by atoms with Crippen LogP contribution < -0.4 is 5.32 Å². The van der Waals surface area contributed by atoms with E-state index in [1.165, 1.54) is 41.4 Å². The van der Waals surface area contributed by atoms with Crippen molar-refractivity contribution in [3.05, 3.63) is 33.4 Å². The van der Waals surface area contributed by atoms with Crippen molar-refractivity contribution >= 4 is 22.6 Å². The Bertz CT molecular complexity index is 398. The van der Waals surface area contributed by atoms with E-state index in [1.54, 1.807) is 0 Å². The van der Waals surface area contributed by atoms with Gasteiger partial charge in [0.15, 0.2) is 0 Å². The van der Waals surface area contributed by atoms with Crippen molar-refractivity contribution in [2.45, 2.75) is 39.5 Å². The maximum atomic E-state index is 3.41. The molecule has 1 fully saturated rings. The average molecular weight is 385 g/mol. The van der Waals surface area contributed by atoms with E-state index >= 15 is 0 Å². The highest BCUT2D eigenvalue weighted by molar-refractivity contribution is 14.1. The molecule has 1 aliphatic carbocycles. The lowest BCUT2D eigenvalue weighted by Crippen LogP contribution is -2.34. The van der Waals surface area contributed by atoms with Crippen molar-refractivity contribution < 1.29 is 0 Å². The molecular formula is C18H28IN. The maximum absolute atomic E-state index is 3.41. The number of hydrogen-bond acceptors (Lipinski definition) is 1. The van der Waals surface area contributed by atoms with Gasteiger partial charge in [0.1, 0.15) is 0 Å². The fraction of sp³-hybridized carbons (Fsp3) is 0.667. The van der Waals surface area contributed by atoms with E-state index in [9.17, 15) is 0 Å². The van der Waals surface area contributed by atoms with Gasteiger partial charge in [0.2, 0.25) is 0 Å². The first-order chi connectivity index (χ1) is 9.60. The third-order valence-electron chi connectivity index (χ3n) is 5.00. The van der Waals surface area contributed by atoms with Gasteiger partial charge in [0.25, 0.3) is 0 Å². The molecule has 0 aromatic heterocycles. The highest BCUT2D eigenvalue weighted by atomic mass is 127. The monoisotopic (exact) mass is 385 g/mol. The van der Waals surface area contributed by atoms with E-state index < -0.39 is 0 Å². The molecule has 0 saturated heterocycles. The number of nitrogens with one attached hydrogen (secondary N) is 1. The molecule has 0 amide bonds. The molecule has 20 heavy (non-hydrogen) atoms. The summed E-state index contributed by atoms with van der Waals surface area (Å²) in [6.07, 6.45) is 5.49. The summed E-state index contributed by atoms with van der Waals surface area (Å²) in [5, 5.41) is 3.41. The first-order valence-electron chi connectivity index (χ1n) is 7.99. The van der Waals surface area contributed by atoms with E-state index in [0.29, 0.717) is 0 Å². The molecule has 2 rings (SSSR count). The largest absolute Gasteiger partial charge is 0.319 e. The van der Waals surface area contributed by atoms with Gasteiger partial charge in [-0.25, -0.2) is 0 Å². The van der Waals surface area contributed by atoms with Gasteiger partial charge >= 0.3 is 0 Å². The predicted octanol–water partition coefficient (Wildman–Crippen LogP) is 4.74. The van der Waals surface area contributed by atoms with Crippen molar-refractivity contribution in [3.8, 4) is 0 Å². The molecule has 1 saturated carbocycles. The SMILES string of the molecule is CNCC1CCC(C(C)C)CC1Cc1ccc(I)cc1. The predicted molar refractivity (Wildman–Crippen MR) is 95.9 cm³/mol. The Morgan fingerprint density at radius 1 is 1.15 bits per heavy atom. The summed E-state index contributed by atoms with van der Waals surface area (Å²) in [4.78, 5) is 0. The Kier molecular flexibility index (Phi) is 6.34. The van der Waals surface area contributed by atoms with Crippen molar-refractivity contribution in [2.75, 3.05) is 13.6 Å². The van der Waals surface area contributed by atoms with Gasteiger partial charge in [-0.1, -0.05) is 26.0 Å². The van der Waals surface area contributed by atoms with Gasteiger partial charge < -0.3 is 5.32 Å². The lowest BCUT2D eigenvalue weighted by atomic mass is 9.69. The zero-order valence-electron chi connectivity index (χ0n) is 13.0. The van der Waals surface area contributed by atoms with Crippen LogP contribution in [0.5, 0.6) is 0 Å². The summed E-state index contributed by atoms with van der Waals surface area (Å²) < 4.78 is 1.34. The van der Waals surface area contributed by atoms with Crippen LogP contribution in [0.1, 0.15) is 38.7 Å². The van der Waals surface area contributed by atoms with Crippen LogP contribution in [0.15, 0.2) is 24.3 Å². The standard InChI is InChI=1S/C18H28IN/c1-13(2)15-6-7-16(12-20-3)17(11-15)10-14-4-8-18(19)9-5-14/h4-5,8-9,13,15-17,20H,6-7,10-12H2,1-3H3. The van der Waals surface area contributed by atoms with Crippen molar-refractivity contribution in [3.63, 3.8) is 0 Å². The topological polar surface area (TPSA) is 12.0 Å². The van der Waals surface area contributed by atoms with Crippen LogP contribution in [-0.2, 0) is 6.42 Å². The average Bonchev–Trinajstić information content (AvgIpc) is 2.43. The fourth-order valence-corrected chi connectivity index (χ4v) is 4.03. The lowest BCUT2D eigenvalue weighted by Gasteiger charge is -2.38. The second-order valence-corrected chi connectivity index (χ2v) is 7.97. The summed E-state index contributed by atoms with van der Waals surface area (Å²) in [6, 6.07) is 9.12. The van der Waals surface area contributed by atoms with Crippen LogP contribution in [0.2, 0.25) is 0 Å². The Labute approximate surface area is 138 Å². The molecule has 2 heteroatoms. The third-order valence-corrected chi connectivity index (χ3v) is 5.72. The number of halogens is 1. The van der Waals surface area contributed by atoms with Crippen molar-refractivity contribution in [2.24, 2.45) is 23.7 Å². The Hall–Kier alpha value is -0.0900. The molecule has 0 heterocycles. The molecule has 1 nitrogen and oxygen atoms in total. The zero-order valence-corrected chi connectivity index (χ0v) is 15.2. The first-order valence-corrected chi connectivity index (χ1v) is 9.07. The van der Waals surface area contributed by atoms with E-state index in [1.807, 2.05) is 0 Å². The van der Waals surface area contributed by atoms with E-state index in [4.69, 9.17) is 0 Å². The quantitative estimate of drug-likeness (QED) is 0.722. The van der Waals surface area contributed by atoms with Crippen LogP contribution in [-0.4, -0.2) is 13.6 Å². The third kappa shape index (κ3) is 4.45. The number of benzene rings is 1. The van der Waals surface area contributed by atoms with Crippen LogP contribution >= 0.6 is 22.6 Å². The van der Waals surface area contributed by atoms with E-state index in [2.05, 4.69) is 73.1 Å². The van der Waals surface area contributed by atoms with Gasteiger partial charge in [-0.05, 0) is 103 Å². The molecule has 0 radical (unpaired) electrons. The molecular weight excluding hydrogens is 357 g/mol. The molecule has 1 aromatic carbocycles. The molecule has 1 aromatic rings. The second-order valence-electron chi connectivity index (χ2n) is 6.73. The summed E-state index contributed by atoms with van der Waals surface area (Å²) in [7, 11) is 2.09. The normalized spacial score (nSPS) is 26.9. The van der Waals surface area contributed by atoms with Crippen LogP contribution in [0, 0.1) is 27.2 Å². The molecule has 1 aliphatic rings. The van der Waals surface area contributed by atoms with Gasteiger partial charge in [-0.15, -0.1) is 0 Å². The van der Waals surface area contributed by atoms with Crippen LogP contribution in [0.4, 0.5) is 0 Å². The fourth-order valence-electron chi connectivity index (χ4n) is 3.67. The van der Waals surface area contributed by atoms with Gasteiger partial charge in [0, 0.05) is 3.57 Å².